The summed E-state index contributed by atoms with van der Waals surface area (Å²) in [5.74, 6) is -11.1. The van der Waals surface area contributed by atoms with Gasteiger partial charge >= 0.3 is 23.9 Å². The van der Waals surface area contributed by atoms with Gasteiger partial charge in [0.2, 0.25) is 12.2 Å². The van der Waals surface area contributed by atoms with Crippen molar-refractivity contribution in [1.82, 2.24) is 0 Å². The van der Waals surface area contributed by atoms with Crippen LogP contribution in [-0.2, 0) is 46.2 Å². The van der Waals surface area contributed by atoms with Crippen molar-refractivity contribution in [3.8, 4) is 57.5 Å². The average molecular weight is 867 g/mol. The lowest BCUT2D eigenvalue weighted by Crippen LogP contribution is -2.32. The second-order valence-corrected chi connectivity index (χ2v) is 14.1. The highest BCUT2D eigenvalue weighted by Gasteiger charge is 2.46. The molecule has 1 heterocycles. The smallest absolute Gasteiger partial charge is 0.347 e. The summed E-state index contributed by atoms with van der Waals surface area (Å²) in [6.45, 7) is 0. The molecule has 0 saturated carbocycles. The Bertz CT molecular complexity index is 2670. The number of hydrogen-bond donors (Lipinski definition) is 10. The van der Waals surface area contributed by atoms with Crippen molar-refractivity contribution in [1.29, 1.82) is 0 Å². The molecule has 0 fully saturated rings. The predicted octanol–water partition coefficient (Wildman–Crippen LogP) is 5.00. The number of carboxylic acid groups (broad SMARTS) is 1. The van der Waals surface area contributed by atoms with Crippen LogP contribution in [0.3, 0.4) is 0 Å². The van der Waals surface area contributed by atoms with Crippen molar-refractivity contribution in [3.63, 3.8) is 0 Å². The molecule has 18 heteroatoms. The van der Waals surface area contributed by atoms with Crippen LogP contribution in [0.4, 0.5) is 0 Å². The van der Waals surface area contributed by atoms with E-state index in [0.29, 0.717) is 5.56 Å². The van der Waals surface area contributed by atoms with E-state index in [9.17, 15) is 70.2 Å². The molecule has 18 nitrogen and oxygen atoms in total. The van der Waals surface area contributed by atoms with Crippen molar-refractivity contribution in [3.05, 3.63) is 124 Å². The maximum absolute atomic E-state index is 14.2. The zero-order chi connectivity index (χ0) is 45.7. The van der Waals surface area contributed by atoms with Gasteiger partial charge in [-0.1, -0.05) is 36.4 Å². The fourth-order valence-electron chi connectivity index (χ4n) is 6.69. The number of phenols is 9. The number of ether oxygens (including phenoxy) is 4. The summed E-state index contributed by atoms with van der Waals surface area (Å²) in [7, 11) is 1.08. The fourth-order valence-corrected chi connectivity index (χ4v) is 6.69. The van der Waals surface area contributed by atoms with Crippen molar-refractivity contribution in [2.45, 2.75) is 37.1 Å². The van der Waals surface area contributed by atoms with Gasteiger partial charge in [-0.25, -0.2) is 14.4 Å². The SMILES string of the molecule is COC(=O)C(Cc1ccc(O)c(O)c1)OC(=O)C=Cc1cc(O)c(O)c(C=Cc2ccc(O)c3c2C(C(=O)OC(Cc2ccc(O)c(O)c2)C(=O)O)C(c2ccc(O)c(O)c2)O3)c1. The standard InChI is InChI=1S/C45H38O18/c1-60-44(58)36(19-23-3-10-28(47)32(51)16-23)61-37(54)13-4-21-14-25(40(55)34(53)17-21)6-5-24-7-12-30(49)42-38(24)39(41(63-42)26-8-11-29(48)33(52)20-26)45(59)62-35(43(56)57)18-22-2-9-27(46)31(50)15-22/h2-17,20,35-36,39,41,46-53,55H,18-19H2,1H3,(H,56,57). The molecule has 1 aliphatic rings. The van der Waals surface area contributed by atoms with Crippen LogP contribution in [0.5, 0.6) is 57.5 Å². The second-order valence-electron chi connectivity index (χ2n) is 14.1. The highest BCUT2D eigenvalue weighted by molar-refractivity contribution is 5.91. The Morgan fingerprint density at radius 3 is 1.78 bits per heavy atom. The number of esters is 3. The van der Waals surface area contributed by atoms with Gasteiger partial charge in [0.05, 0.1) is 7.11 Å². The molecular weight excluding hydrogens is 828 g/mol. The van der Waals surface area contributed by atoms with E-state index in [0.717, 1.165) is 43.5 Å². The van der Waals surface area contributed by atoms with Crippen LogP contribution >= 0.6 is 0 Å². The lowest BCUT2D eigenvalue weighted by atomic mass is 9.87. The van der Waals surface area contributed by atoms with Gasteiger partial charge < -0.3 is 70.0 Å². The number of benzene rings is 5. The summed E-state index contributed by atoms with van der Waals surface area (Å²) in [4.78, 5) is 51.8. The Morgan fingerprint density at radius 2 is 1.19 bits per heavy atom. The number of rotatable bonds is 14. The molecule has 0 bridgehead atoms. The van der Waals surface area contributed by atoms with E-state index in [1.807, 2.05) is 0 Å². The highest BCUT2D eigenvalue weighted by atomic mass is 16.6. The van der Waals surface area contributed by atoms with Gasteiger partial charge in [0, 0.05) is 30.0 Å². The van der Waals surface area contributed by atoms with Crippen molar-refractivity contribution in [2.24, 2.45) is 0 Å². The molecule has 10 N–H and O–H groups in total. The van der Waals surface area contributed by atoms with Crippen molar-refractivity contribution >= 4 is 42.1 Å². The molecule has 0 radical (unpaired) electrons. The third kappa shape index (κ3) is 9.92. The third-order valence-electron chi connectivity index (χ3n) is 9.82. The number of aromatic hydroxyl groups is 9. The number of carboxylic acids is 1. The summed E-state index contributed by atoms with van der Waals surface area (Å²) in [6.07, 6.45) is -0.551. The number of fused-ring (bicyclic) bond motifs is 1. The van der Waals surface area contributed by atoms with Gasteiger partial charge in [-0.3, -0.25) is 4.79 Å². The molecule has 6 rings (SSSR count). The summed E-state index contributed by atoms with van der Waals surface area (Å²) in [5, 5.41) is 102. The normalized spacial score (nSPS) is 15.3. The van der Waals surface area contributed by atoms with Gasteiger partial charge in [-0.2, -0.15) is 0 Å². The molecule has 0 aromatic heterocycles. The number of phenolic OH excluding ortho intramolecular Hbond substituents is 9. The van der Waals surface area contributed by atoms with Crippen LogP contribution in [0.1, 0.15) is 51.0 Å². The third-order valence-corrected chi connectivity index (χ3v) is 9.82. The average Bonchev–Trinajstić information content (AvgIpc) is 3.66. The van der Waals surface area contributed by atoms with Crippen LogP contribution in [0.25, 0.3) is 18.2 Å². The van der Waals surface area contributed by atoms with Gasteiger partial charge in [0.25, 0.3) is 0 Å². The van der Waals surface area contributed by atoms with E-state index in [-0.39, 0.29) is 45.6 Å². The Hall–Kier alpha value is -8.54. The zero-order valence-electron chi connectivity index (χ0n) is 32.8. The van der Waals surface area contributed by atoms with Gasteiger partial charge in [0.1, 0.15) is 12.0 Å². The van der Waals surface area contributed by atoms with Gasteiger partial charge in [-0.15, -0.1) is 0 Å². The molecule has 1 aliphatic heterocycles. The molecular formula is C45H38O18. The number of carbonyl (C=O) groups is 4. The van der Waals surface area contributed by atoms with E-state index >= 15 is 0 Å². The van der Waals surface area contributed by atoms with Gasteiger partial charge in [0.15, 0.2) is 57.5 Å². The minimum Gasteiger partial charge on any atom is -0.504 e. The van der Waals surface area contributed by atoms with Crippen LogP contribution in [0, 0.1) is 0 Å². The number of hydrogen-bond acceptors (Lipinski definition) is 17. The fraction of sp³-hybridized carbons (Fsp3) is 0.156. The second kappa shape index (κ2) is 18.4. The van der Waals surface area contributed by atoms with Crippen LogP contribution < -0.4 is 4.74 Å². The first-order valence-electron chi connectivity index (χ1n) is 18.6. The Labute approximate surface area is 356 Å². The van der Waals surface area contributed by atoms with E-state index in [4.69, 9.17) is 18.9 Å². The minimum absolute atomic E-state index is 0.0228. The molecule has 63 heavy (non-hydrogen) atoms. The maximum atomic E-state index is 14.2. The summed E-state index contributed by atoms with van der Waals surface area (Å²) < 4.78 is 21.6. The summed E-state index contributed by atoms with van der Waals surface area (Å²) >= 11 is 0. The molecule has 4 atom stereocenters. The first-order valence-corrected chi connectivity index (χ1v) is 18.6. The molecule has 5 aromatic carbocycles. The molecule has 5 aromatic rings. The Kier molecular flexibility index (Phi) is 12.8. The number of aliphatic carboxylic acids is 1. The quantitative estimate of drug-likeness (QED) is 0.0231. The van der Waals surface area contributed by atoms with E-state index in [1.165, 1.54) is 66.8 Å². The van der Waals surface area contributed by atoms with Crippen molar-refractivity contribution in [2.75, 3.05) is 7.11 Å². The molecule has 0 spiro atoms. The molecule has 4 unspecified atom stereocenters. The van der Waals surface area contributed by atoms with E-state index in [1.54, 1.807) is 0 Å². The summed E-state index contributed by atoms with van der Waals surface area (Å²) in [6, 6.07) is 15.9. The van der Waals surface area contributed by atoms with Crippen LogP contribution in [0.15, 0.2) is 84.9 Å². The largest absolute Gasteiger partial charge is 0.504 e. The van der Waals surface area contributed by atoms with Crippen molar-refractivity contribution < 1.29 is 89.2 Å². The maximum Gasteiger partial charge on any atom is 0.347 e. The van der Waals surface area contributed by atoms with E-state index in [2.05, 4.69) is 0 Å². The zero-order valence-corrected chi connectivity index (χ0v) is 32.8. The molecule has 0 aliphatic carbocycles. The highest BCUT2D eigenvalue weighted by Crippen LogP contribution is 2.53. The van der Waals surface area contributed by atoms with Crippen LogP contribution in [-0.4, -0.2) is 94.3 Å². The Morgan fingerprint density at radius 1 is 0.619 bits per heavy atom. The molecule has 326 valence electrons. The monoisotopic (exact) mass is 866 g/mol. The minimum atomic E-state index is -1.84. The molecule has 0 saturated heterocycles. The summed E-state index contributed by atoms with van der Waals surface area (Å²) in [5.41, 5.74) is 0.866. The van der Waals surface area contributed by atoms with Crippen LogP contribution in [0.2, 0.25) is 0 Å². The number of carbonyl (C=O) groups excluding carboxylic acids is 3. The lowest BCUT2D eigenvalue weighted by Gasteiger charge is -2.22. The first kappa shape index (κ1) is 44.0. The van der Waals surface area contributed by atoms with Gasteiger partial charge in [-0.05, 0) is 88.5 Å². The molecule has 0 amide bonds. The Balaban J connectivity index is 1.31. The topological polar surface area (TPSA) is 308 Å². The number of methoxy groups -OCH3 is 1. The first-order chi connectivity index (χ1) is 29.9. The predicted molar refractivity (Wildman–Crippen MR) is 218 cm³/mol. The van der Waals surface area contributed by atoms with E-state index < -0.39 is 106 Å². The lowest BCUT2D eigenvalue weighted by molar-refractivity contribution is -0.166.